The third-order valence-electron chi connectivity index (χ3n) is 4.78. The summed E-state index contributed by atoms with van der Waals surface area (Å²) in [4.78, 5) is 12.7. The van der Waals surface area contributed by atoms with Crippen LogP contribution >= 0.6 is 11.6 Å². The molecule has 0 spiro atoms. The predicted octanol–water partition coefficient (Wildman–Crippen LogP) is 4.35. The van der Waals surface area contributed by atoms with Gasteiger partial charge in [0.25, 0.3) is 10.0 Å². The number of hydrogen-bond donors (Lipinski definition) is 1. The molecule has 32 heavy (non-hydrogen) atoms. The first-order valence-corrected chi connectivity index (χ1v) is 11.9. The number of sulfonamides is 1. The van der Waals surface area contributed by atoms with E-state index in [1.165, 1.54) is 12.1 Å². The standard InChI is InChI=1S/C24H25ClN2O4S/c1-18-8-12-21(13-9-18)31-15-14-26-24(28)17-27(20-11-10-19(2)23(25)16-20)32(29,30)22-6-4-3-5-7-22/h3-13,16H,14-15,17H2,1-2H3,(H,26,28). The number of aryl methyl sites for hydroxylation is 2. The van der Waals surface area contributed by atoms with Gasteiger partial charge in [-0.05, 0) is 55.8 Å². The summed E-state index contributed by atoms with van der Waals surface area (Å²) in [5.74, 6) is 0.251. The smallest absolute Gasteiger partial charge is 0.264 e. The molecule has 1 N–H and O–H groups in total. The normalized spacial score (nSPS) is 11.1. The van der Waals surface area contributed by atoms with Crippen LogP contribution in [0.2, 0.25) is 5.02 Å². The van der Waals surface area contributed by atoms with Crippen LogP contribution in [0.25, 0.3) is 0 Å². The Bertz CT molecular complexity index is 1170. The molecule has 168 valence electrons. The summed E-state index contributed by atoms with van der Waals surface area (Å²) in [5.41, 5.74) is 2.25. The van der Waals surface area contributed by atoms with Crippen molar-refractivity contribution in [3.05, 3.63) is 88.9 Å². The van der Waals surface area contributed by atoms with Crippen molar-refractivity contribution in [3.63, 3.8) is 0 Å². The first-order chi connectivity index (χ1) is 15.3. The van der Waals surface area contributed by atoms with Crippen molar-refractivity contribution in [1.82, 2.24) is 5.32 Å². The molecule has 3 aromatic rings. The van der Waals surface area contributed by atoms with Crippen LogP contribution in [-0.2, 0) is 14.8 Å². The van der Waals surface area contributed by atoms with Crippen LogP contribution in [0, 0.1) is 13.8 Å². The van der Waals surface area contributed by atoms with Crippen LogP contribution in [0.4, 0.5) is 5.69 Å². The van der Waals surface area contributed by atoms with E-state index in [-0.39, 0.29) is 24.6 Å². The molecule has 0 saturated carbocycles. The van der Waals surface area contributed by atoms with Gasteiger partial charge in [0.1, 0.15) is 18.9 Å². The van der Waals surface area contributed by atoms with Gasteiger partial charge < -0.3 is 10.1 Å². The van der Waals surface area contributed by atoms with Crippen LogP contribution in [0.1, 0.15) is 11.1 Å². The van der Waals surface area contributed by atoms with E-state index in [0.29, 0.717) is 16.5 Å². The van der Waals surface area contributed by atoms with Gasteiger partial charge in [0, 0.05) is 5.02 Å². The number of carbonyl (C=O) groups excluding carboxylic acids is 1. The number of benzene rings is 3. The molecular formula is C24H25ClN2O4S. The van der Waals surface area contributed by atoms with Gasteiger partial charge in [-0.25, -0.2) is 8.42 Å². The summed E-state index contributed by atoms with van der Waals surface area (Å²) >= 11 is 6.22. The Hall–Kier alpha value is -3.03. The first-order valence-electron chi connectivity index (χ1n) is 10.1. The molecule has 0 atom stereocenters. The molecule has 0 unspecified atom stereocenters. The quantitative estimate of drug-likeness (QED) is 0.470. The van der Waals surface area contributed by atoms with Crippen molar-refractivity contribution >= 4 is 33.2 Å². The lowest BCUT2D eigenvalue weighted by Crippen LogP contribution is -2.41. The minimum absolute atomic E-state index is 0.0900. The summed E-state index contributed by atoms with van der Waals surface area (Å²) < 4.78 is 33.2. The molecule has 0 aliphatic heterocycles. The zero-order valence-electron chi connectivity index (χ0n) is 17.9. The van der Waals surface area contributed by atoms with Gasteiger partial charge in [0.15, 0.2) is 0 Å². The number of hydrogen-bond acceptors (Lipinski definition) is 4. The lowest BCUT2D eigenvalue weighted by atomic mass is 10.2. The largest absolute Gasteiger partial charge is 0.492 e. The number of rotatable bonds is 9. The van der Waals surface area contributed by atoms with Crippen molar-refractivity contribution in [2.45, 2.75) is 18.7 Å². The predicted molar refractivity (Wildman–Crippen MR) is 127 cm³/mol. The zero-order valence-corrected chi connectivity index (χ0v) is 19.5. The number of halogens is 1. The molecule has 3 rings (SSSR count). The highest BCUT2D eigenvalue weighted by Gasteiger charge is 2.27. The molecular weight excluding hydrogens is 448 g/mol. The molecule has 0 aliphatic rings. The van der Waals surface area contributed by atoms with Crippen molar-refractivity contribution in [3.8, 4) is 5.75 Å². The van der Waals surface area contributed by atoms with Gasteiger partial charge in [0.2, 0.25) is 5.91 Å². The second-order valence-corrected chi connectivity index (χ2v) is 9.54. The van der Waals surface area contributed by atoms with E-state index >= 15 is 0 Å². The maximum absolute atomic E-state index is 13.3. The lowest BCUT2D eigenvalue weighted by molar-refractivity contribution is -0.119. The fraction of sp³-hybridized carbons (Fsp3) is 0.208. The van der Waals surface area contributed by atoms with Gasteiger partial charge in [-0.15, -0.1) is 0 Å². The maximum atomic E-state index is 13.3. The average Bonchev–Trinajstić information content (AvgIpc) is 2.79. The molecule has 3 aromatic carbocycles. The molecule has 0 aliphatic carbocycles. The average molecular weight is 473 g/mol. The van der Waals surface area contributed by atoms with Crippen molar-refractivity contribution < 1.29 is 17.9 Å². The Morgan fingerprint density at radius 3 is 2.34 bits per heavy atom. The summed E-state index contributed by atoms with van der Waals surface area (Å²) in [6.07, 6.45) is 0. The molecule has 1 amide bonds. The van der Waals surface area contributed by atoms with Gasteiger partial charge in [-0.1, -0.05) is 53.6 Å². The second-order valence-electron chi connectivity index (χ2n) is 7.27. The minimum Gasteiger partial charge on any atom is -0.492 e. The van der Waals surface area contributed by atoms with E-state index < -0.39 is 15.9 Å². The monoisotopic (exact) mass is 472 g/mol. The number of carbonyl (C=O) groups is 1. The zero-order chi connectivity index (χ0) is 23.1. The van der Waals surface area contributed by atoms with Crippen LogP contribution < -0.4 is 14.4 Å². The number of anilines is 1. The number of ether oxygens (including phenoxy) is 1. The van der Waals surface area contributed by atoms with E-state index in [9.17, 15) is 13.2 Å². The summed E-state index contributed by atoms with van der Waals surface area (Å²) in [7, 11) is -3.97. The molecule has 6 nitrogen and oxygen atoms in total. The van der Waals surface area contributed by atoms with Crippen LogP contribution in [0.3, 0.4) is 0 Å². The Morgan fingerprint density at radius 2 is 1.69 bits per heavy atom. The third-order valence-corrected chi connectivity index (χ3v) is 6.97. The molecule has 0 bridgehead atoms. The van der Waals surface area contributed by atoms with E-state index in [2.05, 4.69) is 5.32 Å². The Kier molecular flexibility index (Phi) is 7.77. The number of amides is 1. The molecule has 0 radical (unpaired) electrons. The second kappa shape index (κ2) is 10.5. The van der Waals surface area contributed by atoms with Crippen molar-refractivity contribution in [1.29, 1.82) is 0 Å². The van der Waals surface area contributed by atoms with Gasteiger partial charge in [-0.2, -0.15) is 0 Å². The topological polar surface area (TPSA) is 75.7 Å². The fourth-order valence-corrected chi connectivity index (χ4v) is 4.56. The highest BCUT2D eigenvalue weighted by molar-refractivity contribution is 7.92. The van der Waals surface area contributed by atoms with Crippen LogP contribution in [-0.4, -0.2) is 34.0 Å². The number of nitrogens with one attached hydrogen (secondary N) is 1. The maximum Gasteiger partial charge on any atom is 0.264 e. The highest BCUT2D eigenvalue weighted by Crippen LogP contribution is 2.27. The Balaban J connectivity index is 1.71. The molecule has 0 saturated heterocycles. The van der Waals surface area contributed by atoms with E-state index in [1.807, 2.05) is 38.1 Å². The fourth-order valence-electron chi connectivity index (χ4n) is 2.95. The van der Waals surface area contributed by atoms with E-state index in [1.54, 1.807) is 36.4 Å². The minimum atomic E-state index is -3.97. The van der Waals surface area contributed by atoms with E-state index in [4.69, 9.17) is 16.3 Å². The third kappa shape index (κ3) is 6.02. The first kappa shape index (κ1) is 23.6. The lowest BCUT2D eigenvalue weighted by Gasteiger charge is -2.24. The Labute approximate surface area is 193 Å². The molecule has 0 fully saturated rings. The summed E-state index contributed by atoms with van der Waals surface area (Å²) in [5, 5.41) is 3.13. The summed E-state index contributed by atoms with van der Waals surface area (Å²) in [6, 6.07) is 20.5. The summed E-state index contributed by atoms with van der Waals surface area (Å²) in [6.45, 7) is 3.92. The SMILES string of the molecule is Cc1ccc(OCCNC(=O)CN(c2ccc(C)c(Cl)c2)S(=O)(=O)c2ccccc2)cc1. The van der Waals surface area contributed by atoms with Crippen molar-refractivity contribution in [2.75, 3.05) is 24.0 Å². The van der Waals surface area contributed by atoms with Gasteiger partial charge in [0.05, 0.1) is 17.1 Å². The van der Waals surface area contributed by atoms with Crippen LogP contribution in [0.5, 0.6) is 5.75 Å². The highest BCUT2D eigenvalue weighted by atomic mass is 35.5. The van der Waals surface area contributed by atoms with Gasteiger partial charge in [-0.3, -0.25) is 9.10 Å². The number of nitrogens with zero attached hydrogens (tertiary/aromatic N) is 1. The Morgan fingerprint density at radius 1 is 1.00 bits per heavy atom. The van der Waals surface area contributed by atoms with Crippen molar-refractivity contribution in [2.24, 2.45) is 0 Å². The molecule has 8 heteroatoms. The molecule has 0 aromatic heterocycles. The van der Waals surface area contributed by atoms with Gasteiger partial charge >= 0.3 is 0 Å². The van der Waals surface area contributed by atoms with E-state index in [0.717, 1.165) is 15.4 Å². The molecule has 0 heterocycles. The van der Waals surface area contributed by atoms with Crippen LogP contribution in [0.15, 0.2) is 77.7 Å².